The molecule has 5 N–H and O–H groups in total. The number of benzene rings is 3. The number of nitrogens with one attached hydrogen (secondary N) is 1. The third kappa shape index (κ3) is 4.72. The van der Waals surface area contributed by atoms with Gasteiger partial charge in [0.1, 0.15) is 17.2 Å². The fourth-order valence-electron chi connectivity index (χ4n) is 3.75. The Balaban J connectivity index is 1.44. The van der Waals surface area contributed by atoms with Crippen LogP contribution in [0.3, 0.4) is 0 Å². The highest BCUT2D eigenvalue weighted by Gasteiger charge is 2.08. The van der Waals surface area contributed by atoms with E-state index in [0.29, 0.717) is 22.6 Å². The molecule has 0 saturated heterocycles. The minimum absolute atomic E-state index is 0.296. The van der Waals surface area contributed by atoms with Crippen molar-refractivity contribution in [2.24, 2.45) is 11.5 Å². The first-order chi connectivity index (χ1) is 17.0. The Labute approximate surface area is 206 Å². The van der Waals surface area contributed by atoms with Crippen LogP contribution < -0.4 is 27.2 Å². The lowest BCUT2D eigenvalue weighted by molar-refractivity contribution is 0.608. The van der Waals surface area contributed by atoms with Gasteiger partial charge < -0.3 is 21.2 Å². The van der Waals surface area contributed by atoms with Crippen molar-refractivity contribution in [2.45, 2.75) is 16.7 Å². The van der Waals surface area contributed by atoms with Crippen LogP contribution in [0.1, 0.15) is 11.1 Å². The number of anilines is 1. The van der Waals surface area contributed by atoms with Crippen LogP contribution in [0.15, 0.2) is 106 Å². The van der Waals surface area contributed by atoms with Crippen LogP contribution in [0.25, 0.3) is 22.6 Å². The van der Waals surface area contributed by atoms with Gasteiger partial charge in [0.25, 0.3) is 0 Å². The summed E-state index contributed by atoms with van der Waals surface area (Å²) in [7, 11) is 0. The predicted molar refractivity (Wildman–Crippen MR) is 139 cm³/mol. The summed E-state index contributed by atoms with van der Waals surface area (Å²) in [4.78, 5) is 6.36. The van der Waals surface area contributed by atoms with Crippen LogP contribution in [-0.4, -0.2) is 4.98 Å². The van der Waals surface area contributed by atoms with Crippen molar-refractivity contribution in [3.8, 4) is 0 Å². The number of fused-ring (bicyclic) bond motifs is 1. The summed E-state index contributed by atoms with van der Waals surface area (Å²) in [6, 6.07) is 24.2. The maximum absolute atomic E-state index is 14.1. The second kappa shape index (κ2) is 9.56. The summed E-state index contributed by atoms with van der Waals surface area (Å²) in [6.45, 7) is 1.72. The standard InChI is InChI=1S/C28H23FN4OS/c1-17-6-7-18(16-23(17)29)26(30)21-4-2-3-5-22(21)28(31)33-19-8-10-20(11-9-19)35-25-12-14-32-24-13-15-34-27(24)25/h2-16,33H,30-31H2,1H3/b26-21-,28-22+. The average Bonchev–Trinajstić information content (AvgIpc) is 3.36. The fraction of sp³-hybridized carbons (Fsp3) is 0.0357. The normalized spacial score (nSPS) is 13.0. The van der Waals surface area contributed by atoms with E-state index in [1.54, 1.807) is 37.2 Å². The van der Waals surface area contributed by atoms with Gasteiger partial charge in [-0.25, -0.2) is 4.39 Å². The van der Waals surface area contributed by atoms with Crippen LogP contribution in [-0.2, 0) is 0 Å². The van der Waals surface area contributed by atoms with Gasteiger partial charge in [-0.3, -0.25) is 4.98 Å². The minimum atomic E-state index is -0.296. The van der Waals surface area contributed by atoms with Gasteiger partial charge in [0.05, 0.1) is 11.2 Å². The summed E-state index contributed by atoms with van der Waals surface area (Å²) in [6.07, 6.45) is 3.42. The van der Waals surface area contributed by atoms with Crippen LogP contribution in [0, 0.1) is 12.7 Å². The molecule has 5 rings (SSSR count). The van der Waals surface area contributed by atoms with Crippen molar-refractivity contribution in [1.82, 2.24) is 4.98 Å². The van der Waals surface area contributed by atoms with Crippen LogP contribution in [0.2, 0.25) is 0 Å². The maximum atomic E-state index is 14.1. The van der Waals surface area contributed by atoms with E-state index >= 15 is 0 Å². The van der Waals surface area contributed by atoms with Gasteiger partial charge in [0.15, 0.2) is 5.58 Å². The molecule has 0 amide bonds. The molecule has 5 aromatic rings. The zero-order valence-electron chi connectivity index (χ0n) is 19.0. The van der Waals surface area contributed by atoms with Crippen molar-refractivity contribution < 1.29 is 8.81 Å². The molecule has 7 heteroatoms. The Bertz CT molecular complexity index is 1640. The van der Waals surface area contributed by atoms with E-state index in [0.717, 1.165) is 37.0 Å². The molecule has 2 aromatic heterocycles. The molecule has 0 aliphatic carbocycles. The Kier molecular flexibility index (Phi) is 6.16. The second-order valence-electron chi connectivity index (χ2n) is 8.03. The molecule has 0 fully saturated rings. The van der Waals surface area contributed by atoms with E-state index in [4.69, 9.17) is 15.9 Å². The van der Waals surface area contributed by atoms with Crippen molar-refractivity contribution in [2.75, 3.05) is 5.32 Å². The van der Waals surface area contributed by atoms with Gasteiger partial charge in [-0.1, -0.05) is 48.2 Å². The van der Waals surface area contributed by atoms with Crippen molar-refractivity contribution in [3.05, 3.63) is 119 Å². The molecular formula is C28H23FN4OS. The number of aromatic nitrogens is 1. The van der Waals surface area contributed by atoms with Crippen LogP contribution in [0.4, 0.5) is 10.1 Å². The maximum Gasteiger partial charge on any atom is 0.166 e. The Hall–Kier alpha value is -4.23. The van der Waals surface area contributed by atoms with Crippen molar-refractivity contribution >= 4 is 40.1 Å². The zero-order valence-corrected chi connectivity index (χ0v) is 19.8. The second-order valence-corrected chi connectivity index (χ2v) is 9.15. The van der Waals surface area contributed by atoms with Gasteiger partial charge in [0, 0.05) is 44.5 Å². The molecule has 5 nitrogen and oxygen atoms in total. The molecule has 174 valence electrons. The fourth-order valence-corrected chi connectivity index (χ4v) is 4.66. The smallest absolute Gasteiger partial charge is 0.166 e. The summed E-state index contributed by atoms with van der Waals surface area (Å²) in [5.41, 5.74) is 17.0. The first-order valence-corrected chi connectivity index (χ1v) is 11.8. The molecule has 0 aliphatic rings. The van der Waals surface area contributed by atoms with E-state index in [1.165, 1.54) is 6.07 Å². The Morgan fingerprint density at radius 1 is 0.943 bits per heavy atom. The van der Waals surface area contributed by atoms with Gasteiger partial charge in [0.2, 0.25) is 0 Å². The number of nitrogens with zero attached hydrogens (tertiary/aromatic N) is 1. The lowest BCUT2D eigenvalue weighted by Gasteiger charge is -2.10. The topological polar surface area (TPSA) is 90.1 Å². The van der Waals surface area contributed by atoms with Gasteiger partial charge in [-0.2, -0.15) is 0 Å². The van der Waals surface area contributed by atoms with Gasteiger partial charge in [-0.05, 0) is 48.9 Å². The highest BCUT2D eigenvalue weighted by Crippen LogP contribution is 2.33. The number of furan rings is 1. The SMILES string of the molecule is Cc1ccc(/C(N)=c2\cccc\c2=C(\N)Nc2ccc(Sc3ccnc4ccoc34)cc2)cc1F. The monoisotopic (exact) mass is 482 g/mol. The number of rotatable bonds is 5. The number of halogens is 1. The first-order valence-electron chi connectivity index (χ1n) is 11.0. The minimum Gasteiger partial charge on any atom is -0.461 e. The molecule has 0 atom stereocenters. The number of pyridine rings is 1. The molecule has 0 spiro atoms. The van der Waals surface area contributed by atoms with Crippen molar-refractivity contribution in [1.29, 1.82) is 0 Å². The van der Waals surface area contributed by atoms with E-state index in [9.17, 15) is 4.39 Å². The van der Waals surface area contributed by atoms with E-state index in [1.807, 2.05) is 66.7 Å². The predicted octanol–water partition coefficient (Wildman–Crippen LogP) is 4.68. The molecule has 35 heavy (non-hydrogen) atoms. The summed E-state index contributed by atoms with van der Waals surface area (Å²) in [5.74, 6) is 0.151. The average molecular weight is 483 g/mol. The molecule has 2 heterocycles. The third-order valence-corrected chi connectivity index (χ3v) is 6.71. The highest BCUT2D eigenvalue weighted by molar-refractivity contribution is 7.99. The molecule has 0 radical (unpaired) electrons. The first kappa shape index (κ1) is 22.6. The summed E-state index contributed by atoms with van der Waals surface area (Å²) in [5, 5.41) is 4.72. The van der Waals surface area contributed by atoms with Gasteiger partial charge >= 0.3 is 0 Å². The molecule has 0 saturated carbocycles. The van der Waals surface area contributed by atoms with Crippen molar-refractivity contribution in [3.63, 3.8) is 0 Å². The van der Waals surface area contributed by atoms with E-state index in [2.05, 4.69) is 10.3 Å². The Morgan fingerprint density at radius 2 is 1.71 bits per heavy atom. The van der Waals surface area contributed by atoms with Crippen LogP contribution >= 0.6 is 11.8 Å². The number of aryl methyl sites for hydroxylation is 1. The molecule has 0 bridgehead atoms. The molecule has 0 aliphatic heterocycles. The third-order valence-electron chi connectivity index (χ3n) is 5.66. The van der Waals surface area contributed by atoms with Gasteiger partial charge in [-0.15, -0.1) is 0 Å². The largest absolute Gasteiger partial charge is 0.461 e. The number of nitrogens with two attached hydrogens (primary N) is 2. The molecule has 3 aromatic carbocycles. The van der Waals surface area contributed by atoms with Crippen LogP contribution in [0.5, 0.6) is 0 Å². The highest BCUT2D eigenvalue weighted by atomic mass is 32.2. The summed E-state index contributed by atoms with van der Waals surface area (Å²) < 4.78 is 19.7. The zero-order chi connectivity index (χ0) is 24.4. The Morgan fingerprint density at radius 3 is 2.49 bits per heavy atom. The molecular weight excluding hydrogens is 459 g/mol. The van der Waals surface area contributed by atoms with E-state index < -0.39 is 0 Å². The number of hydrogen-bond donors (Lipinski definition) is 3. The lowest BCUT2D eigenvalue weighted by Crippen LogP contribution is -2.35. The quantitative estimate of drug-likeness (QED) is 0.337. The lowest BCUT2D eigenvalue weighted by atomic mass is 10.1. The van der Waals surface area contributed by atoms with E-state index in [-0.39, 0.29) is 5.82 Å². The summed E-state index contributed by atoms with van der Waals surface area (Å²) >= 11 is 1.60. The number of hydrogen-bond acceptors (Lipinski definition) is 6. The molecule has 0 unspecified atom stereocenters.